The van der Waals surface area contributed by atoms with Gasteiger partial charge in [-0.05, 0) is 31.4 Å². The molecule has 19 heavy (non-hydrogen) atoms. The van der Waals surface area contributed by atoms with Crippen LogP contribution in [0.2, 0.25) is 0 Å². The lowest BCUT2D eigenvalue weighted by Gasteiger charge is -2.24. The molecule has 3 rings (SSSR count). The van der Waals surface area contributed by atoms with Crippen LogP contribution in [0, 0.1) is 6.92 Å². The molecule has 1 saturated heterocycles. The zero-order valence-corrected chi connectivity index (χ0v) is 11.0. The van der Waals surface area contributed by atoms with Gasteiger partial charge in [0.15, 0.2) is 5.76 Å². The van der Waals surface area contributed by atoms with E-state index in [2.05, 4.69) is 12.1 Å². The maximum absolute atomic E-state index is 12.5. The lowest BCUT2D eigenvalue weighted by Crippen LogP contribution is -2.30. The Kier molecular flexibility index (Phi) is 3.11. The summed E-state index contributed by atoms with van der Waals surface area (Å²) < 4.78 is 5.33. The topological polar surface area (TPSA) is 33.5 Å². The molecule has 0 saturated carbocycles. The molecule has 1 aromatic heterocycles. The van der Waals surface area contributed by atoms with Crippen molar-refractivity contribution in [1.29, 1.82) is 0 Å². The number of likely N-dealkylation sites (tertiary alicyclic amines) is 1. The number of benzene rings is 1. The number of aryl methyl sites for hydroxylation is 1. The Hall–Kier alpha value is -2.03. The van der Waals surface area contributed by atoms with Crippen molar-refractivity contribution in [3.05, 3.63) is 59.5 Å². The van der Waals surface area contributed by atoms with Crippen molar-refractivity contribution >= 4 is 5.91 Å². The lowest BCUT2D eigenvalue weighted by atomic mass is 10.0. The molecule has 2 heterocycles. The van der Waals surface area contributed by atoms with Crippen LogP contribution in [-0.4, -0.2) is 17.4 Å². The summed E-state index contributed by atoms with van der Waals surface area (Å²) in [5.41, 5.74) is 2.11. The Balaban J connectivity index is 1.88. The summed E-state index contributed by atoms with van der Waals surface area (Å²) >= 11 is 0. The van der Waals surface area contributed by atoms with Crippen LogP contribution < -0.4 is 0 Å². The van der Waals surface area contributed by atoms with Crippen molar-refractivity contribution < 1.29 is 9.21 Å². The number of carbonyl (C=O) groups excluding carboxylic acids is 1. The first kappa shape index (κ1) is 12.0. The van der Waals surface area contributed by atoms with E-state index in [-0.39, 0.29) is 11.9 Å². The highest BCUT2D eigenvalue weighted by Gasteiger charge is 2.32. The van der Waals surface area contributed by atoms with E-state index in [1.807, 2.05) is 36.1 Å². The summed E-state index contributed by atoms with van der Waals surface area (Å²) in [7, 11) is 0. The summed E-state index contributed by atoms with van der Waals surface area (Å²) in [6.45, 7) is 2.71. The number of hydrogen-bond acceptors (Lipinski definition) is 2. The second kappa shape index (κ2) is 4.92. The predicted molar refractivity (Wildman–Crippen MR) is 72.9 cm³/mol. The third-order valence-electron chi connectivity index (χ3n) is 3.75. The van der Waals surface area contributed by atoms with E-state index < -0.39 is 0 Å². The van der Waals surface area contributed by atoms with Gasteiger partial charge in [0.05, 0.1) is 12.3 Å². The number of rotatable bonds is 2. The van der Waals surface area contributed by atoms with Crippen LogP contribution in [0.3, 0.4) is 0 Å². The molecule has 1 unspecified atom stereocenters. The third kappa shape index (κ3) is 2.16. The maximum atomic E-state index is 12.5. The molecule has 0 radical (unpaired) electrons. The van der Waals surface area contributed by atoms with Crippen LogP contribution in [-0.2, 0) is 0 Å². The van der Waals surface area contributed by atoms with E-state index in [4.69, 9.17) is 4.42 Å². The van der Waals surface area contributed by atoms with E-state index in [1.165, 1.54) is 5.56 Å². The van der Waals surface area contributed by atoms with Gasteiger partial charge in [-0.1, -0.05) is 30.3 Å². The summed E-state index contributed by atoms with van der Waals surface area (Å²) in [5.74, 6) is 0.483. The average Bonchev–Trinajstić information content (AvgIpc) is 3.07. The van der Waals surface area contributed by atoms with Gasteiger partial charge in [-0.15, -0.1) is 0 Å². The maximum Gasteiger partial charge on any atom is 0.290 e. The van der Waals surface area contributed by atoms with E-state index in [9.17, 15) is 4.79 Å². The Morgan fingerprint density at radius 2 is 2.05 bits per heavy atom. The van der Waals surface area contributed by atoms with Crippen molar-refractivity contribution in [2.75, 3.05) is 6.54 Å². The van der Waals surface area contributed by atoms with Gasteiger partial charge < -0.3 is 9.32 Å². The molecular formula is C16H17NO2. The van der Waals surface area contributed by atoms with Crippen LogP contribution >= 0.6 is 0 Å². The third-order valence-corrected chi connectivity index (χ3v) is 3.75. The van der Waals surface area contributed by atoms with Gasteiger partial charge in [0.2, 0.25) is 0 Å². The van der Waals surface area contributed by atoms with Crippen molar-refractivity contribution in [1.82, 2.24) is 4.90 Å². The molecule has 1 aromatic carbocycles. The molecule has 1 aliphatic heterocycles. The molecule has 3 heteroatoms. The number of furan rings is 1. The molecule has 2 aromatic rings. The predicted octanol–water partition coefficient (Wildman–Crippen LogP) is 3.57. The average molecular weight is 255 g/mol. The van der Waals surface area contributed by atoms with E-state index in [0.717, 1.165) is 24.9 Å². The van der Waals surface area contributed by atoms with Gasteiger partial charge in [-0.25, -0.2) is 0 Å². The highest BCUT2D eigenvalue weighted by molar-refractivity contribution is 5.93. The lowest BCUT2D eigenvalue weighted by molar-refractivity contribution is 0.0702. The molecule has 1 fully saturated rings. The Morgan fingerprint density at radius 1 is 1.26 bits per heavy atom. The minimum Gasteiger partial charge on any atom is -0.459 e. The van der Waals surface area contributed by atoms with Gasteiger partial charge in [0.1, 0.15) is 0 Å². The molecule has 1 aliphatic rings. The smallest absolute Gasteiger partial charge is 0.290 e. The molecule has 1 amide bonds. The van der Waals surface area contributed by atoms with Gasteiger partial charge in [-0.3, -0.25) is 4.79 Å². The molecule has 98 valence electrons. The summed E-state index contributed by atoms with van der Waals surface area (Å²) in [4.78, 5) is 14.5. The van der Waals surface area contributed by atoms with Crippen LogP contribution in [0.1, 0.15) is 40.6 Å². The molecule has 3 nitrogen and oxygen atoms in total. The zero-order valence-electron chi connectivity index (χ0n) is 11.0. The molecule has 0 aliphatic carbocycles. The highest BCUT2D eigenvalue weighted by Crippen LogP contribution is 2.33. The minimum absolute atomic E-state index is 0.00820. The fourth-order valence-electron chi connectivity index (χ4n) is 2.75. The first-order chi connectivity index (χ1) is 9.27. The highest BCUT2D eigenvalue weighted by atomic mass is 16.3. The number of nitrogens with zero attached hydrogens (tertiary/aromatic N) is 1. The molecular weight excluding hydrogens is 238 g/mol. The van der Waals surface area contributed by atoms with Crippen LogP contribution in [0.15, 0.2) is 47.1 Å². The zero-order chi connectivity index (χ0) is 13.2. The molecule has 0 N–H and O–H groups in total. The summed E-state index contributed by atoms with van der Waals surface area (Å²) in [5, 5.41) is 0. The normalized spacial score (nSPS) is 18.8. The fraction of sp³-hybridized carbons (Fsp3) is 0.312. The van der Waals surface area contributed by atoms with E-state index in [1.54, 1.807) is 6.26 Å². The van der Waals surface area contributed by atoms with E-state index >= 15 is 0 Å². The first-order valence-electron chi connectivity index (χ1n) is 6.67. The Morgan fingerprint density at radius 3 is 2.74 bits per heavy atom. The number of hydrogen-bond donors (Lipinski definition) is 0. The second-order valence-corrected chi connectivity index (χ2v) is 5.00. The van der Waals surface area contributed by atoms with E-state index in [0.29, 0.717) is 5.76 Å². The minimum atomic E-state index is 0.00820. The number of amides is 1. The molecule has 0 bridgehead atoms. The van der Waals surface area contributed by atoms with Crippen molar-refractivity contribution in [2.45, 2.75) is 25.8 Å². The van der Waals surface area contributed by atoms with Gasteiger partial charge in [0.25, 0.3) is 5.91 Å². The molecule has 0 spiro atoms. The van der Waals surface area contributed by atoms with Crippen LogP contribution in [0.25, 0.3) is 0 Å². The van der Waals surface area contributed by atoms with Crippen LogP contribution in [0.5, 0.6) is 0 Å². The fourth-order valence-corrected chi connectivity index (χ4v) is 2.75. The Bertz CT molecular complexity index is 573. The second-order valence-electron chi connectivity index (χ2n) is 5.00. The van der Waals surface area contributed by atoms with Crippen molar-refractivity contribution in [3.63, 3.8) is 0 Å². The molecule has 1 atom stereocenters. The summed E-state index contributed by atoms with van der Waals surface area (Å²) in [6, 6.07) is 12.2. The first-order valence-corrected chi connectivity index (χ1v) is 6.67. The van der Waals surface area contributed by atoms with Gasteiger partial charge in [0, 0.05) is 12.1 Å². The van der Waals surface area contributed by atoms with Gasteiger partial charge in [-0.2, -0.15) is 0 Å². The monoisotopic (exact) mass is 255 g/mol. The van der Waals surface area contributed by atoms with Gasteiger partial charge >= 0.3 is 0 Å². The largest absolute Gasteiger partial charge is 0.459 e. The SMILES string of the molecule is Cc1ccoc1C(=O)N1CCCC1c1ccccc1. The standard InChI is InChI=1S/C16H17NO2/c1-12-9-11-19-15(12)16(18)17-10-5-8-14(17)13-6-3-2-4-7-13/h2-4,6-7,9,11,14H,5,8,10H2,1H3. The van der Waals surface area contributed by atoms with Crippen LogP contribution in [0.4, 0.5) is 0 Å². The Labute approximate surface area is 112 Å². The van der Waals surface area contributed by atoms with Crippen molar-refractivity contribution in [2.24, 2.45) is 0 Å². The summed E-state index contributed by atoms with van der Waals surface area (Å²) in [6.07, 6.45) is 3.65. The van der Waals surface area contributed by atoms with Crippen molar-refractivity contribution in [3.8, 4) is 0 Å². The number of carbonyl (C=O) groups is 1. The quantitative estimate of drug-likeness (QED) is 0.822.